The number of ether oxygens (including phenoxy) is 3. The quantitative estimate of drug-likeness (QED) is 0.583. The molecule has 1 aliphatic rings. The molecule has 0 saturated carbocycles. The predicted octanol–water partition coefficient (Wildman–Crippen LogP) is 3.69. The number of aromatic nitrogens is 1. The summed E-state index contributed by atoms with van der Waals surface area (Å²) in [5, 5.41) is 13.3. The van der Waals surface area contributed by atoms with Crippen molar-refractivity contribution in [2.75, 3.05) is 13.9 Å². The van der Waals surface area contributed by atoms with Crippen LogP contribution in [-0.4, -0.2) is 23.4 Å². The molecule has 4 aromatic rings. The lowest BCUT2D eigenvalue weighted by molar-refractivity contribution is 0.174. The minimum atomic E-state index is 0.151. The molecule has 0 atom stereocenters. The van der Waals surface area contributed by atoms with Crippen LogP contribution in [0.25, 0.3) is 27.2 Å². The van der Waals surface area contributed by atoms with Gasteiger partial charge in [-0.1, -0.05) is 6.07 Å². The molecule has 114 valence electrons. The largest absolute Gasteiger partial charge is 0.504 e. The summed E-state index contributed by atoms with van der Waals surface area (Å²) in [7, 11) is 1.55. The fraction of sp³-hybridized carbons (Fsp3) is 0.111. The highest BCUT2D eigenvalue weighted by Gasteiger charge is 2.18. The first-order valence-corrected chi connectivity index (χ1v) is 7.29. The molecule has 5 heteroatoms. The third-order valence-corrected chi connectivity index (χ3v) is 4.39. The molecule has 0 saturated heterocycles. The van der Waals surface area contributed by atoms with Crippen LogP contribution in [0.3, 0.4) is 0 Å². The van der Waals surface area contributed by atoms with Gasteiger partial charge in [0.15, 0.2) is 23.0 Å². The molecule has 0 amide bonds. The Morgan fingerprint density at radius 1 is 1.00 bits per heavy atom. The van der Waals surface area contributed by atoms with Crippen molar-refractivity contribution >= 4 is 27.2 Å². The van der Waals surface area contributed by atoms with Gasteiger partial charge in [-0.2, -0.15) is 0 Å². The van der Waals surface area contributed by atoms with E-state index < -0.39 is 0 Å². The van der Waals surface area contributed by atoms with Crippen molar-refractivity contribution in [1.82, 2.24) is 4.40 Å². The zero-order valence-corrected chi connectivity index (χ0v) is 12.4. The zero-order chi connectivity index (χ0) is 15.6. The molecule has 0 aliphatic carbocycles. The van der Waals surface area contributed by atoms with Crippen molar-refractivity contribution in [2.45, 2.75) is 0 Å². The lowest BCUT2D eigenvalue weighted by Crippen LogP contribution is -1.93. The lowest BCUT2D eigenvalue weighted by Gasteiger charge is -2.08. The van der Waals surface area contributed by atoms with Crippen LogP contribution >= 0.6 is 0 Å². The first-order valence-electron chi connectivity index (χ1n) is 7.29. The zero-order valence-electron chi connectivity index (χ0n) is 12.4. The number of aromatic hydroxyl groups is 1. The van der Waals surface area contributed by atoms with Crippen LogP contribution in [0.5, 0.6) is 23.0 Å². The number of methoxy groups -OCH3 is 1. The highest BCUT2D eigenvalue weighted by atomic mass is 16.7. The molecular formula is C18H13NO4. The van der Waals surface area contributed by atoms with E-state index in [4.69, 9.17) is 14.2 Å². The van der Waals surface area contributed by atoms with Crippen molar-refractivity contribution in [1.29, 1.82) is 0 Å². The van der Waals surface area contributed by atoms with E-state index in [0.717, 1.165) is 38.7 Å². The van der Waals surface area contributed by atoms with Crippen molar-refractivity contribution in [3.8, 4) is 23.0 Å². The summed E-state index contributed by atoms with van der Waals surface area (Å²) in [5.41, 5.74) is 1.92. The van der Waals surface area contributed by atoms with Gasteiger partial charge in [-0.05, 0) is 29.7 Å². The molecule has 23 heavy (non-hydrogen) atoms. The third-order valence-electron chi connectivity index (χ3n) is 4.39. The number of benzene rings is 2. The second-order valence-corrected chi connectivity index (χ2v) is 5.56. The number of fused-ring (bicyclic) bond motifs is 6. The Balaban J connectivity index is 1.96. The molecular weight excluding hydrogens is 294 g/mol. The van der Waals surface area contributed by atoms with Crippen LogP contribution in [0.1, 0.15) is 0 Å². The monoisotopic (exact) mass is 307 g/mol. The smallest absolute Gasteiger partial charge is 0.231 e. The van der Waals surface area contributed by atoms with Gasteiger partial charge in [-0.25, -0.2) is 0 Å². The van der Waals surface area contributed by atoms with Crippen molar-refractivity contribution < 1.29 is 19.3 Å². The highest BCUT2D eigenvalue weighted by Crippen LogP contribution is 2.41. The summed E-state index contributed by atoms with van der Waals surface area (Å²) < 4.78 is 18.2. The Morgan fingerprint density at radius 2 is 1.83 bits per heavy atom. The number of hydrogen-bond donors (Lipinski definition) is 1. The van der Waals surface area contributed by atoms with Crippen LogP contribution in [0, 0.1) is 0 Å². The van der Waals surface area contributed by atoms with Crippen LogP contribution in [-0.2, 0) is 0 Å². The minimum absolute atomic E-state index is 0.151. The van der Waals surface area contributed by atoms with Crippen molar-refractivity contribution in [2.24, 2.45) is 0 Å². The molecule has 0 radical (unpaired) electrons. The van der Waals surface area contributed by atoms with Crippen LogP contribution in [0.15, 0.2) is 42.6 Å². The maximum Gasteiger partial charge on any atom is 0.231 e. The molecule has 1 aliphatic heterocycles. The molecule has 3 heterocycles. The average Bonchev–Trinajstić information content (AvgIpc) is 3.15. The Hall–Kier alpha value is -3.08. The molecule has 2 aromatic carbocycles. The van der Waals surface area contributed by atoms with Gasteiger partial charge in [0, 0.05) is 17.6 Å². The number of rotatable bonds is 1. The van der Waals surface area contributed by atoms with E-state index >= 15 is 0 Å². The Bertz CT molecular complexity index is 1100. The summed E-state index contributed by atoms with van der Waals surface area (Å²) in [6, 6.07) is 11.7. The Kier molecular flexibility index (Phi) is 2.29. The van der Waals surface area contributed by atoms with Gasteiger partial charge in [0.1, 0.15) is 0 Å². The van der Waals surface area contributed by atoms with Gasteiger partial charge in [-0.3, -0.25) is 0 Å². The topological polar surface area (TPSA) is 52.3 Å². The molecule has 0 bridgehead atoms. The van der Waals surface area contributed by atoms with E-state index in [2.05, 4.69) is 0 Å². The number of phenolic OH excluding ortho intramolecular Hbond substituents is 1. The van der Waals surface area contributed by atoms with E-state index in [1.807, 2.05) is 40.9 Å². The van der Waals surface area contributed by atoms with E-state index in [9.17, 15) is 5.11 Å². The normalized spacial score (nSPS) is 13.3. The van der Waals surface area contributed by atoms with Crippen LogP contribution in [0.4, 0.5) is 0 Å². The molecule has 5 rings (SSSR count). The van der Waals surface area contributed by atoms with Crippen LogP contribution < -0.4 is 14.2 Å². The second kappa shape index (κ2) is 4.23. The van der Waals surface area contributed by atoms with Gasteiger partial charge in [0.05, 0.1) is 23.5 Å². The summed E-state index contributed by atoms with van der Waals surface area (Å²) in [4.78, 5) is 0. The number of nitrogens with zero attached hydrogens (tertiary/aromatic N) is 1. The molecule has 0 fully saturated rings. The van der Waals surface area contributed by atoms with Gasteiger partial charge in [0.2, 0.25) is 6.79 Å². The first kappa shape index (κ1) is 12.5. The first-order chi connectivity index (χ1) is 11.3. The van der Waals surface area contributed by atoms with Crippen molar-refractivity contribution in [3.05, 3.63) is 42.6 Å². The standard InChI is InChI=1S/C18H13NO4/c1-21-14-3-2-10-4-5-19-12-8-16-15(22-9-23-16)7-11(12)6-13(19)17(10)18(14)20/h2-8,20H,9H2,1H3. The van der Waals surface area contributed by atoms with E-state index in [0.29, 0.717) is 5.75 Å². The number of pyridine rings is 1. The Morgan fingerprint density at radius 3 is 2.65 bits per heavy atom. The molecule has 0 spiro atoms. The lowest BCUT2D eigenvalue weighted by atomic mass is 10.1. The average molecular weight is 307 g/mol. The molecule has 0 unspecified atom stereocenters. The van der Waals surface area contributed by atoms with Gasteiger partial charge < -0.3 is 23.7 Å². The Labute approximate surface area is 131 Å². The summed E-state index contributed by atoms with van der Waals surface area (Å²) in [6.45, 7) is 0.255. The third kappa shape index (κ3) is 1.56. The fourth-order valence-corrected chi connectivity index (χ4v) is 3.29. The molecule has 5 nitrogen and oxygen atoms in total. The number of hydrogen-bond acceptors (Lipinski definition) is 4. The fourth-order valence-electron chi connectivity index (χ4n) is 3.29. The number of phenols is 1. The van der Waals surface area contributed by atoms with Crippen molar-refractivity contribution in [3.63, 3.8) is 0 Å². The molecule has 1 N–H and O–H groups in total. The van der Waals surface area contributed by atoms with Gasteiger partial charge in [-0.15, -0.1) is 0 Å². The molecule has 2 aromatic heterocycles. The summed E-state index contributed by atoms with van der Waals surface area (Å²) in [5.74, 6) is 2.11. The maximum atomic E-state index is 10.6. The van der Waals surface area contributed by atoms with Gasteiger partial charge >= 0.3 is 0 Å². The van der Waals surface area contributed by atoms with E-state index in [1.54, 1.807) is 13.2 Å². The summed E-state index contributed by atoms with van der Waals surface area (Å²) >= 11 is 0. The summed E-state index contributed by atoms with van der Waals surface area (Å²) in [6.07, 6.45) is 1.99. The van der Waals surface area contributed by atoms with E-state index in [-0.39, 0.29) is 12.5 Å². The van der Waals surface area contributed by atoms with Crippen LogP contribution in [0.2, 0.25) is 0 Å². The second-order valence-electron chi connectivity index (χ2n) is 5.56. The van der Waals surface area contributed by atoms with Gasteiger partial charge in [0.25, 0.3) is 0 Å². The minimum Gasteiger partial charge on any atom is -0.504 e. The SMILES string of the molecule is COc1ccc2ccn3c4cc5c(cc4cc3c2c1O)OCO5. The highest BCUT2D eigenvalue weighted by molar-refractivity contribution is 6.06. The van der Waals surface area contributed by atoms with E-state index in [1.165, 1.54) is 0 Å². The predicted molar refractivity (Wildman–Crippen MR) is 86.7 cm³/mol. The maximum absolute atomic E-state index is 10.6.